The van der Waals surface area contributed by atoms with Crippen LogP contribution >= 0.6 is 0 Å². The Morgan fingerprint density at radius 2 is 2.05 bits per heavy atom. The number of para-hydroxylation sites is 1. The van der Waals surface area contributed by atoms with Crippen LogP contribution in [0.4, 0.5) is 5.69 Å². The van der Waals surface area contributed by atoms with Gasteiger partial charge in [-0.25, -0.2) is 0 Å². The van der Waals surface area contributed by atoms with Crippen LogP contribution in [0.5, 0.6) is 0 Å². The third-order valence-corrected chi connectivity index (χ3v) is 2.90. The first-order valence-corrected chi connectivity index (χ1v) is 7.11. The molecule has 0 aliphatic rings. The fourth-order valence-electron chi connectivity index (χ4n) is 1.80. The van der Waals surface area contributed by atoms with E-state index in [1.807, 2.05) is 36.5 Å². The van der Waals surface area contributed by atoms with Gasteiger partial charge in [0.05, 0.1) is 12.2 Å². The highest BCUT2D eigenvalue weighted by Gasteiger charge is 2.05. The second kappa shape index (κ2) is 7.54. The van der Waals surface area contributed by atoms with Crippen LogP contribution in [0.2, 0.25) is 0 Å². The number of aryl methyl sites for hydroxylation is 1. The Balaban J connectivity index is 1.76. The Hall–Kier alpha value is -2.21. The smallest absolute Gasteiger partial charge is 0.226 e. The van der Waals surface area contributed by atoms with Crippen LogP contribution < -0.4 is 10.6 Å². The zero-order chi connectivity index (χ0) is 15.1. The molecule has 1 amide bonds. The Morgan fingerprint density at radius 1 is 1.29 bits per heavy atom. The van der Waals surface area contributed by atoms with E-state index in [1.54, 1.807) is 4.68 Å². The number of amides is 1. The van der Waals surface area contributed by atoms with E-state index in [4.69, 9.17) is 0 Å². The third kappa shape index (κ3) is 5.35. The summed E-state index contributed by atoms with van der Waals surface area (Å²) in [7, 11) is 0. The summed E-state index contributed by atoms with van der Waals surface area (Å²) in [5.41, 5.74) is 1.69. The molecule has 0 saturated carbocycles. The van der Waals surface area contributed by atoms with Crippen LogP contribution in [0.3, 0.4) is 0 Å². The molecule has 6 nitrogen and oxygen atoms in total. The van der Waals surface area contributed by atoms with Crippen LogP contribution in [-0.2, 0) is 17.9 Å². The van der Waals surface area contributed by atoms with Gasteiger partial charge in [0.1, 0.15) is 0 Å². The number of rotatable bonds is 7. The average molecular weight is 287 g/mol. The average Bonchev–Trinajstić information content (AvgIpc) is 2.92. The Labute approximate surface area is 124 Å². The molecule has 2 aromatic rings. The molecule has 0 aliphatic carbocycles. The maximum absolute atomic E-state index is 11.8. The fraction of sp³-hybridized carbons (Fsp3) is 0.400. The first kappa shape index (κ1) is 15.2. The van der Waals surface area contributed by atoms with Gasteiger partial charge in [-0.15, -0.1) is 5.10 Å². The third-order valence-electron chi connectivity index (χ3n) is 2.90. The number of nitrogens with zero attached hydrogens (tertiary/aromatic N) is 3. The molecule has 6 heteroatoms. The Kier molecular flexibility index (Phi) is 5.45. The topological polar surface area (TPSA) is 71.8 Å². The van der Waals surface area contributed by atoms with Crippen LogP contribution in [0.15, 0.2) is 36.5 Å². The van der Waals surface area contributed by atoms with Gasteiger partial charge in [0.25, 0.3) is 0 Å². The summed E-state index contributed by atoms with van der Waals surface area (Å²) < 4.78 is 1.70. The highest BCUT2D eigenvalue weighted by Crippen LogP contribution is 2.05. The Morgan fingerprint density at radius 3 is 2.76 bits per heavy atom. The minimum absolute atomic E-state index is 0.0291. The van der Waals surface area contributed by atoms with Gasteiger partial charge < -0.3 is 10.6 Å². The van der Waals surface area contributed by atoms with Gasteiger partial charge in [0, 0.05) is 30.9 Å². The molecule has 0 aliphatic heterocycles. The van der Waals surface area contributed by atoms with Crippen molar-refractivity contribution < 1.29 is 4.79 Å². The molecule has 0 unspecified atom stereocenters. The molecule has 0 fully saturated rings. The lowest BCUT2D eigenvalue weighted by Crippen LogP contribution is -2.21. The number of hydrogen-bond donors (Lipinski definition) is 2. The van der Waals surface area contributed by atoms with E-state index in [1.165, 1.54) is 0 Å². The van der Waals surface area contributed by atoms with Crippen molar-refractivity contribution in [2.45, 2.75) is 39.4 Å². The summed E-state index contributed by atoms with van der Waals surface area (Å²) >= 11 is 0. The molecule has 1 aromatic carbocycles. The summed E-state index contributed by atoms with van der Waals surface area (Å²) in [6.45, 7) is 5.37. The molecule has 2 rings (SSSR count). The predicted molar refractivity (Wildman–Crippen MR) is 81.7 cm³/mol. The first-order chi connectivity index (χ1) is 10.1. The van der Waals surface area contributed by atoms with Crippen molar-refractivity contribution >= 4 is 11.6 Å². The largest absolute Gasteiger partial charge is 0.326 e. The van der Waals surface area contributed by atoms with Crippen molar-refractivity contribution in [2.75, 3.05) is 5.32 Å². The summed E-state index contributed by atoms with van der Waals surface area (Å²) in [6, 6.07) is 9.83. The number of nitrogens with one attached hydrogen (secondary N) is 2. The van der Waals surface area contributed by atoms with E-state index in [0.717, 1.165) is 11.4 Å². The van der Waals surface area contributed by atoms with E-state index < -0.39 is 0 Å². The minimum atomic E-state index is -0.0291. The van der Waals surface area contributed by atoms with Gasteiger partial charge in [-0.1, -0.05) is 37.3 Å². The maximum Gasteiger partial charge on any atom is 0.226 e. The van der Waals surface area contributed by atoms with Crippen LogP contribution in [0.25, 0.3) is 0 Å². The molecule has 0 spiro atoms. The van der Waals surface area contributed by atoms with E-state index in [-0.39, 0.29) is 5.91 Å². The highest BCUT2D eigenvalue weighted by molar-refractivity contribution is 5.90. The molecule has 0 bridgehead atoms. The zero-order valence-electron chi connectivity index (χ0n) is 12.4. The molecular weight excluding hydrogens is 266 g/mol. The van der Waals surface area contributed by atoms with Gasteiger partial charge in [-0.2, -0.15) is 0 Å². The van der Waals surface area contributed by atoms with Crippen molar-refractivity contribution in [1.82, 2.24) is 20.3 Å². The van der Waals surface area contributed by atoms with Gasteiger partial charge in [-0.05, 0) is 12.1 Å². The molecule has 21 heavy (non-hydrogen) atoms. The summed E-state index contributed by atoms with van der Waals surface area (Å²) in [6.07, 6.45) is 2.24. The number of aromatic nitrogens is 3. The monoisotopic (exact) mass is 287 g/mol. The molecule has 0 saturated heterocycles. The van der Waals surface area contributed by atoms with E-state index in [2.05, 4.69) is 34.8 Å². The first-order valence-electron chi connectivity index (χ1n) is 7.11. The van der Waals surface area contributed by atoms with Gasteiger partial charge in [0.15, 0.2) is 0 Å². The van der Waals surface area contributed by atoms with E-state index >= 15 is 0 Å². The molecule has 2 N–H and O–H groups in total. The standard InChI is InChI=1S/C15H21N5O/c1-12(2)16-10-14-11-20(19-18-14)9-8-15(21)17-13-6-4-3-5-7-13/h3-7,11-12,16H,8-10H2,1-2H3,(H,17,21). The lowest BCUT2D eigenvalue weighted by atomic mass is 10.3. The van der Waals surface area contributed by atoms with Crippen LogP contribution in [0, 0.1) is 0 Å². The SMILES string of the molecule is CC(C)NCc1cn(CCC(=O)Nc2ccccc2)nn1. The van der Waals surface area contributed by atoms with Crippen molar-refractivity contribution in [1.29, 1.82) is 0 Å². The van der Waals surface area contributed by atoms with E-state index in [9.17, 15) is 4.79 Å². The summed E-state index contributed by atoms with van der Waals surface area (Å²) in [4.78, 5) is 11.8. The number of carbonyl (C=O) groups is 1. The summed E-state index contributed by atoms with van der Waals surface area (Å²) in [5.74, 6) is -0.0291. The van der Waals surface area contributed by atoms with Crippen LogP contribution in [-0.4, -0.2) is 26.9 Å². The van der Waals surface area contributed by atoms with E-state index in [0.29, 0.717) is 25.6 Å². The lowest BCUT2D eigenvalue weighted by molar-refractivity contribution is -0.116. The molecule has 112 valence electrons. The maximum atomic E-state index is 11.8. The van der Waals surface area contributed by atoms with Gasteiger partial charge >= 0.3 is 0 Å². The predicted octanol–water partition coefficient (Wildman–Crippen LogP) is 1.80. The van der Waals surface area contributed by atoms with Gasteiger partial charge in [-0.3, -0.25) is 9.48 Å². The van der Waals surface area contributed by atoms with Crippen molar-refractivity contribution in [2.24, 2.45) is 0 Å². The summed E-state index contributed by atoms with van der Waals surface area (Å²) in [5, 5.41) is 14.2. The fourth-order valence-corrected chi connectivity index (χ4v) is 1.80. The van der Waals surface area contributed by atoms with Crippen LogP contribution in [0.1, 0.15) is 26.0 Å². The van der Waals surface area contributed by atoms with Crippen molar-refractivity contribution in [3.05, 3.63) is 42.2 Å². The number of carbonyl (C=O) groups excluding carboxylic acids is 1. The van der Waals surface area contributed by atoms with Crippen molar-refractivity contribution in [3.63, 3.8) is 0 Å². The van der Waals surface area contributed by atoms with Gasteiger partial charge in [0.2, 0.25) is 5.91 Å². The molecular formula is C15H21N5O. The number of benzene rings is 1. The molecule has 1 heterocycles. The zero-order valence-corrected chi connectivity index (χ0v) is 12.4. The lowest BCUT2D eigenvalue weighted by Gasteiger charge is -2.05. The highest BCUT2D eigenvalue weighted by atomic mass is 16.1. The second-order valence-corrected chi connectivity index (χ2v) is 5.17. The molecule has 0 atom stereocenters. The number of anilines is 1. The molecule has 1 aromatic heterocycles. The normalized spacial score (nSPS) is 10.8. The minimum Gasteiger partial charge on any atom is -0.326 e. The molecule has 0 radical (unpaired) electrons. The van der Waals surface area contributed by atoms with Crippen molar-refractivity contribution in [3.8, 4) is 0 Å². The quantitative estimate of drug-likeness (QED) is 0.814. The second-order valence-electron chi connectivity index (χ2n) is 5.17. The Bertz CT molecular complexity index is 564. The number of hydrogen-bond acceptors (Lipinski definition) is 4.